The van der Waals surface area contributed by atoms with Crippen LogP contribution in [-0.4, -0.2) is 71.9 Å². The number of aromatic nitrogens is 8. The summed E-state index contributed by atoms with van der Waals surface area (Å²) in [6.07, 6.45) is 8.34. The number of piperidine rings is 1. The van der Waals surface area contributed by atoms with E-state index >= 15 is 0 Å². The van der Waals surface area contributed by atoms with Crippen LogP contribution < -0.4 is 15.8 Å². The lowest BCUT2D eigenvalue weighted by Crippen LogP contribution is -2.32. The Bertz CT molecular complexity index is 1370. The molecule has 2 aliphatic rings. The predicted molar refractivity (Wildman–Crippen MR) is 140 cm³/mol. The number of nitrogens with one attached hydrogen (secondary N) is 3. The van der Waals surface area contributed by atoms with Gasteiger partial charge in [0.25, 0.3) is 5.56 Å². The second-order valence-corrected chi connectivity index (χ2v) is 9.88. The highest BCUT2D eigenvalue weighted by Gasteiger charge is 2.23. The number of anilines is 3. The van der Waals surface area contributed by atoms with Crippen molar-refractivity contribution in [3.63, 3.8) is 0 Å². The molecule has 0 radical (unpaired) electrons. The fraction of sp³-hybridized carbons (Fsp3) is 0.480. The normalized spacial score (nSPS) is 17.7. The molecule has 2 saturated heterocycles. The Morgan fingerprint density at radius 2 is 1.76 bits per heavy atom. The van der Waals surface area contributed by atoms with E-state index in [1.54, 1.807) is 6.20 Å². The van der Waals surface area contributed by atoms with Crippen LogP contribution in [0.2, 0.25) is 0 Å². The zero-order valence-corrected chi connectivity index (χ0v) is 20.7. The molecule has 192 valence electrons. The average Bonchev–Trinajstić information content (AvgIpc) is 3.32. The van der Waals surface area contributed by atoms with Gasteiger partial charge in [0.1, 0.15) is 16.7 Å². The Morgan fingerprint density at radius 1 is 0.973 bits per heavy atom. The molecule has 1 aromatic carbocycles. The summed E-state index contributed by atoms with van der Waals surface area (Å²) in [6.45, 7) is 4.73. The first-order chi connectivity index (χ1) is 18.2. The third-order valence-electron chi connectivity index (χ3n) is 7.33. The van der Waals surface area contributed by atoms with Crippen LogP contribution in [0, 0.1) is 0 Å². The van der Waals surface area contributed by atoms with Crippen LogP contribution in [-0.2, 0) is 6.54 Å². The smallest absolute Gasteiger partial charge is 0.277 e. The summed E-state index contributed by atoms with van der Waals surface area (Å²) in [4.78, 5) is 26.8. The molecule has 0 bridgehead atoms. The third-order valence-corrected chi connectivity index (χ3v) is 7.33. The van der Waals surface area contributed by atoms with Crippen LogP contribution in [0.1, 0.15) is 55.8 Å². The maximum Gasteiger partial charge on any atom is 0.277 e. The summed E-state index contributed by atoms with van der Waals surface area (Å²) >= 11 is 0. The van der Waals surface area contributed by atoms with Crippen molar-refractivity contribution < 1.29 is 0 Å². The van der Waals surface area contributed by atoms with Gasteiger partial charge in [0, 0.05) is 31.2 Å². The number of nitrogens with zero attached hydrogens (tertiary/aromatic N) is 8. The van der Waals surface area contributed by atoms with E-state index in [2.05, 4.69) is 63.1 Å². The van der Waals surface area contributed by atoms with E-state index in [-0.39, 0.29) is 5.56 Å². The van der Waals surface area contributed by atoms with E-state index in [0.717, 1.165) is 69.9 Å². The standard InChI is InChI=1S/C25H31N11O/c37-24-21-20(15-26-32-24)28-25(36-11-3-1-2-4-12-36)29-23(21)27-19-7-5-17(6-8-19)16-35-13-9-18(10-14-35)22-30-33-34-31-22/h5-8,15,18H,1-4,9-14,16H2,(H,32,37)(H,27,28,29)(H,30,31,33,34). The monoisotopic (exact) mass is 501 g/mol. The molecule has 0 spiro atoms. The van der Waals surface area contributed by atoms with Gasteiger partial charge >= 0.3 is 0 Å². The highest BCUT2D eigenvalue weighted by molar-refractivity contribution is 5.90. The Morgan fingerprint density at radius 3 is 2.49 bits per heavy atom. The molecule has 5 heterocycles. The molecule has 3 aromatic heterocycles. The van der Waals surface area contributed by atoms with Crippen molar-refractivity contribution in [3.8, 4) is 0 Å². The number of hydrogen-bond acceptors (Lipinski definition) is 10. The van der Waals surface area contributed by atoms with Gasteiger partial charge in [0.05, 0.1) is 6.20 Å². The van der Waals surface area contributed by atoms with Crippen molar-refractivity contribution in [2.45, 2.75) is 51.0 Å². The van der Waals surface area contributed by atoms with Gasteiger partial charge in [0.2, 0.25) is 5.95 Å². The number of rotatable bonds is 6. The summed E-state index contributed by atoms with van der Waals surface area (Å²) in [5, 5.41) is 24.8. The summed E-state index contributed by atoms with van der Waals surface area (Å²) < 4.78 is 0. The van der Waals surface area contributed by atoms with Crippen LogP contribution in [0.15, 0.2) is 35.3 Å². The van der Waals surface area contributed by atoms with Gasteiger partial charge in [-0.1, -0.05) is 30.2 Å². The van der Waals surface area contributed by atoms with Crippen LogP contribution in [0.3, 0.4) is 0 Å². The predicted octanol–water partition coefficient (Wildman–Crippen LogP) is 2.73. The van der Waals surface area contributed by atoms with E-state index in [0.29, 0.717) is 28.6 Å². The first-order valence-electron chi connectivity index (χ1n) is 13.0. The molecule has 37 heavy (non-hydrogen) atoms. The fourth-order valence-corrected chi connectivity index (χ4v) is 5.27. The minimum atomic E-state index is -0.303. The molecule has 2 fully saturated rings. The van der Waals surface area contributed by atoms with E-state index in [4.69, 9.17) is 4.98 Å². The molecule has 2 aliphatic heterocycles. The van der Waals surface area contributed by atoms with Crippen molar-refractivity contribution in [1.29, 1.82) is 0 Å². The van der Waals surface area contributed by atoms with Crippen LogP contribution >= 0.6 is 0 Å². The number of fused-ring (bicyclic) bond motifs is 1. The van der Waals surface area contributed by atoms with Gasteiger partial charge < -0.3 is 10.2 Å². The fourth-order valence-electron chi connectivity index (χ4n) is 5.27. The number of benzene rings is 1. The molecule has 6 rings (SSSR count). The number of likely N-dealkylation sites (tertiary alicyclic amines) is 1. The Kier molecular flexibility index (Phi) is 6.72. The van der Waals surface area contributed by atoms with E-state index in [9.17, 15) is 4.79 Å². The first-order valence-corrected chi connectivity index (χ1v) is 13.0. The second-order valence-electron chi connectivity index (χ2n) is 9.88. The molecule has 3 N–H and O–H groups in total. The molecule has 12 heteroatoms. The van der Waals surface area contributed by atoms with Gasteiger partial charge in [-0.05, 0) is 56.5 Å². The van der Waals surface area contributed by atoms with Gasteiger partial charge in [-0.25, -0.2) is 10.1 Å². The maximum absolute atomic E-state index is 12.6. The lowest BCUT2D eigenvalue weighted by atomic mass is 9.96. The quantitative estimate of drug-likeness (QED) is 0.361. The number of tetrazole rings is 1. The molecule has 12 nitrogen and oxygen atoms in total. The SMILES string of the molecule is O=c1[nH]ncc2nc(N3CCCCCC3)nc(Nc3ccc(CN4CCC(c5nn[nH]n5)CC4)cc3)c12. The van der Waals surface area contributed by atoms with Gasteiger partial charge in [-0.3, -0.25) is 9.69 Å². The lowest BCUT2D eigenvalue weighted by Gasteiger charge is -2.30. The summed E-state index contributed by atoms with van der Waals surface area (Å²) in [5.41, 5.74) is 2.35. The maximum atomic E-state index is 12.6. The van der Waals surface area contributed by atoms with Crippen molar-refractivity contribution in [1.82, 2.24) is 45.7 Å². The highest BCUT2D eigenvalue weighted by atomic mass is 16.1. The van der Waals surface area contributed by atoms with E-state index in [1.807, 2.05) is 12.1 Å². The highest BCUT2D eigenvalue weighted by Crippen LogP contribution is 2.27. The molecule has 0 saturated carbocycles. The minimum absolute atomic E-state index is 0.303. The number of H-pyrrole nitrogens is 2. The van der Waals surface area contributed by atoms with Crippen LogP contribution in [0.5, 0.6) is 0 Å². The van der Waals surface area contributed by atoms with Crippen molar-refractivity contribution in [2.24, 2.45) is 0 Å². The lowest BCUT2D eigenvalue weighted by molar-refractivity contribution is 0.201. The van der Waals surface area contributed by atoms with Crippen LogP contribution in [0.4, 0.5) is 17.5 Å². The van der Waals surface area contributed by atoms with Gasteiger partial charge in [-0.15, -0.1) is 10.2 Å². The molecule has 0 unspecified atom stereocenters. The van der Waals surface area contributed by atoms with Crippen LogP contribution in [0.25, 0.3) is 10.9 Å². The number of hydrogen-bond donors (Lipinski definition) is 3. The summed E-state index contributed by atoms with van der Waals surface area (Å²) in [6, 6.07) is 8.32. The zero-order valence-electron chi connectivity index (χ0n) is 20.7. The largest absolute Gasteiger partial charge is 0.341 e. The molecule has 0 atom stereocenters. The average molecular weight is 502 g/mol. The third kappa shape index (κ3) is 5.29. The molecule has 4 aromatic rings. The second kappa shape index (κ2) is 10.6. The molecular weight excluding hydrogens is 470 g/mol. The van der Waals surface area contributed by atoms with Crippen molar-refractivity contribution >= 4 is 28.4 Å². The molecule has 0 amide bonds. The zero-order chi connectivity index (χ0) is 25.0. The van der Waals surface area contributed by atoms with Crippen molar-refractivity contribution in [2.75, 3.05) is 36.4 Å². The van der Waals surface area contributed by atoms with Gasteiger partial charge in [0.15, 0.2) is 5.82 Å². The Balaban J connectivity index is 1.17. The first kappa shape index (κ1) is 23.5. The molecular formula is C25H31N11O. The molecule has 0 aliphatic carbocycles. The van der Waals surface area contributed by atoms with E-state index in [1.165, 1.54) is 18.4 Å². The minimum Gasteiger partial charge on any atom is -0.341 e. The number of aromatic amines is 2. The van der Waals surface area contributed by atoms with Crippen molar-refractivity contribution in [3.05, 3.63) is 52.2 Å². The Labute approximate surface area is 213 Å². The van der Waals surface area contributed by atoms with E-state index < -0.39 is 0 Å². The summed E-state index contributed by atoms with van der Waals surface area (Å²) in [5.74, 6) is 2.34. The summed E-state index contributed by atoms with van der Waals surface area (Å²) in [7, 11) is 0. The Hall–Kier alpha value is -3.93. The van der Waals surface area contributed by atoms with Gasteiger partial charge in [-0.2, -0.15) is 15.3 Å². The topological polar surface area (TPSA) is 144 Å².